The van der Waals surface area contributed by atoms with Crippen molar-refractivity contribution >= 4 is 10.8 Å². The Morgan fingerprint density at radius 2 is 1.59 bits per heavy atom. The maximum atomic E-state index is 15.3. The van der Waals surface area contributed by atoms with Gasteiger partial charge < -0.3 is 4.42 Å². The smallest absolute Gasteiger partial charge is 0.346 e. The van der Waals surface area contributed by atoms with Crippen molar-refractivity contribution < 1.29 is 8.81 Å². The van der Waals surface area contributed by atoms with Gasteiger partial charge in [-0.3, -0.25) is 0 Å². The molecule has 0 unspecified atom stereocenters. The Kier molecular flexibility index (Phi) is 8.59. The van der Waals surface area contributed by atoms with E-state index in [1.54, 1.807) is 12.1 Å². The third-order valence-corrected chi connectivity index (χ3v) is 7.77. The first-order chi connectivity index (χ1) is 16.6. The van der Waals surface area contributed by atoms with Crippen LogP contribution in [0.3, 0.4) is 0 Å². The van der Waals surface area contributed by atoms with Crippen LogP contribution in [0.2, 0.25) is 0 Å². The maximum absolute atomic E-state index is 15.3. The highest BCUT2D eigenvalue weighted by atomic mass is 19.1. The van der Waals surface area contributed by atoms with Crippen LogP contribution in [0.4, 0.5) is 4.39 Å². The molecule has 0 spiro atoms. The van der Waals surface area contributed by atoms with Crippen LogP contribution in [0.15, 0.2) is 51.7 Å². The summed E-state index contributed by atoms with van der Waals surface area (Å²) in [6.45, 7) is 4.19. The summed E-state index contributed by atoms with van der Waals surface area (Å²) in [6.07, 6.45) is 15.5. The van der Waals surface area contributed by atoms with Crippen molar-refractivity contribution in [2.24, 2.45) is 5.92 Å². The molecule has 34 heavy (non-hydrogen) atoms. The molecule has 1 aliphatic rings. The molecular weight excluding hydrogens is 423 g/mol. The molecule has 2 nitrogen and oxygen atoms in total. The van der Waals surface area contributed by atoms with Gasteiger partial charge >= 0.3 is 5.63 Å². The maximum Gasteiger partial charge on any atom is 0.346 e. The van der Waals surface area contributed by atoms with E-state index >= 15 is 4.39 Å². The second-order valence-electron chi connectivity index (χ2n) is 10.1. The molecule has 1 saturated carbocycles. The molecule has 3 heteroatoms. The summed E-state index contributed by atoms with van der Waals surface area (Å²) in [7, 11) is 0. The largest absolute Gasteiger partial charge is 0.427 e. The van der Waals surface area contributed by atoms with Crippen molar-refractivity contribution in [1.82, 2.24) is 0 Å². The number of rotatable bonds is 10. The van der Waals surface area contributed by atoms with E-state index in [0.29, 0.717) is 29.0 Å². The molecule has 0 saturated heterocycles. The molecule has 1 heterocycles. The van der Waals surface area contributed by atoms with Crippen molar-refractivity contribution in [3.63, 3.8) is 0 Å². The summed E-state index contributed by atoms with van der Waals surface area (Å²) in [5, 5.41) is 0.645. The van der Waals surface area contributed by atoms with Gasteiger partial charge in [-0.15, -0.1) is 0 Å². The summed E-state index contributed by atoms with van der Waals surface area (Å²) in [6, 6.07) is 13.7. The lowest BCUT2D eigenvalue weighted by Gasteiger charge is -2.29. The Labute approximate surface area is 203 Å². The van der Waals surface area contributed by atoms with Gasteiger partial charge in [-0.1, -0.05) is 95.2 Å². The van der Waals surface area contributed by atoms with E-state index in [-0.39, 0.29) is 5.39 Å². The normalized spacial score (nSPS) is 18.4. The van der Waals surface area contributed by atoms with Crippen LogP contribution in [-0.4, -0.2) is 0 Å². The Hall–Kier alpha value is -2.42. The topological polar surface area (TPSA) is 30.2 Å². The number of hydrogen-bond acceptors (Lipinski definition) is 2. The van der Waals surface area contributed by atoms with Gasteiger partial charge in [-0.25, -0.2) is 9.18 Å². The summed E-state index contributed by atoms with van der Waals surface area (Å²) >= 11 is 0. The quantitative estimate of drug-likeness (QED) is 0.281. The number of halogens is 1. The highest BCUT2D eigenvalue weighted by Gasteiger charge is 2.22. The molecule has 0 radical (unpaired) electrons. The van der Waals surface area contributed by atoms with Crippen LogP contribution in [0, 0.1) is 11.7 Å². The Morgan fingerprint density at radius 3 is 2.29 bits per heavy atom. The second-order valence-corrected chi connectivity index (χ2v) is 10.1. The number of fused-ring (bicyclic) bond motifs is 1. The Morgan fingerprint density at radius 1 is 0.882 bits per heavy atom. The van der Waals surface area contributed by atoms with Gasteiger partial charge in [0.05, 0.1) is 0 Å². The molecule has 0 amide bonds. The Balaban J connectivity index is 1.37. The van der Waals surface area contributed by atoms with Gasteiger partial charge in [0.1, 0.15) is 17.0 Å². The van der Waals surface area contributed by atoms with E-state index in [1.807, 2.05) is 25.1 Å². The average Bonchev–Trinajstić information content (AvgIpc) is 2.86. The van der Waals surface area contributed by atoms with Gasteiger partial charge in [0, 0.05) is 12.0 Å². The number of hydrogen-bond donors (Lipinski definition) is 0. The van der Waals surface area contributed by atoms with Crippen molar-refractivity contribution in [2.75, 3.05) is 0 Å². The minimum absolute atomic E-state index is 0.0439. The molecule has 1 aromatic heterocycles. The van der Waals surface area contributed by atoms with Crippen LogP contribution in [-0.2, 0) is 6.42 Å². The molecule has 182 valence electrons. The third-order valence-electron chi connectivity index (χ3n) is 7.77. The lowest BCUT2D eigenvalue weighted by atomic mass is 9.77. The minimum Gasteiger partial charge on any atom is -0.427 e. The summed E-state index contributed by atoms with van der Waals surface area (Å²) < 4.78 is 20.5. The highest BCUT2D eigenvalue weighted by molar-refractivity contribution is 5.87. The lowest BCUT2D eigenvalue weighted by Crippen LogP contribution is -2.13. The highest BCUT2D eigenvalue weighted by Crippen LogP contribution is 2.38. The fraction of sp³-hybridized carbons (Fsp3) is 0.516. The molecule has 0 N–H and O–H groups in total. The van der Waals surface area contributed by atoms with Crippen molar-refractivity contribution in [3.05, 3.63) is 70.0 Å². The fourth-order valence-corrected chi connectivity index (χ4v) is 5.62. The fourth-order valence-electron chi connectivity index (χ4n) is 5.62. The molecule has 4 rings (SSSR count). The first-order valence-corrected chi connectivity index (χ1v) is 13.5. The van der Waals surface area contributed by atoms with Crippen LogP contribution in [0.1, 0.15) is 102 Å². The average molecular weight is 463 g/mol. The van der Waals surface area contributed by atoms with E-state index in [9.17, 15) is 4.79 Å². The van der Waals surface area contributed by atoms with Crippen LogP contribution in [0.25, 0.3) is 21.9 Å². The van der Waals surface area contributed by atoms with Crippen LogP contribution < -0.4 is 5.63 Å². The number of unbranched alkanes of at least 4 members (excludes halogenated alkanes) is 5. The van der Waals surface area contributed by atoms with E-state index in [2.05, 4.69) is 19.1 Å². The van der Waals surface area contributed by atoms with Gasteiger partial charge in [0.25, 0.3) is 0 Å². The van der Waals surface area contributed by atoms with Crippen LogP contribution in [0.5, 0.6) is 0 Å². The molecular formula is C31H39FO2. The Bertz CT molecular complexity index is 1120. The number of benzene rings is 2. The van der Waals surface area contributed by atoms with Crippen molar-refractivity contribution in [1.29, 1.82) is 0 Å². The third kappa shape index (κ3) is 5.79. The molecule has 0 aliphatic heterocycles. The van der Waals surface area contributed by atoms with Crippen LogP contribution >= 0.6 is 0 Å². The van der Waals surface area contributed by atoms with Crippen molar-refractivity contribution in [2.45, 2.75) is 96.8 Å². The molecule has 0 atom stereocenters. The molecule has 1 aliphatic carbocycles. The SMILES string of the molecule is CCCCCCCCC1CCC(c2ccc(-c3ccc4cc(CC)oc(=O)c4c3F)cc2)CC1. The van der Waals surface area contributed by atoms with Crippen molar-refractivity contribution in [3.8, 4) is 11.1 Å². The predicted octanol–water partition coefficient (Wildman–Crippen LogP) is 9.19. The summed E-state index contributed by atoms with van der Waals surface area (Å²) in [4.78, 5) is 12.4. The van der Waals surface area contributed by atoms with E-state index in [1.165, 1.54) is 76.2 Å². The first kappa shape index (κ1) is 24.7. The summed E-state index contributed by atoms with van der Waals surface area (Å²) in [5.74, 6) is 1.59. The van der Waals surface area contributed by atoms with E-state index < -0.39 is 11.4 Å². The van der Waals surface area contributed by atoms with Gasteiger partial charge in [-0.2, -0.15) is 0 Å². The van der Waals surface area contributed by atoms with Gasteiger partial charge in [-0.05, 0) is 60.1 Å². The molecule has 0 bridgehead atoms. The monoisotopic (exact) mass is 462 g/mol. The predicted molar refractivity (Wildman–Crippen MR) is 140 cm³/mol. The van der Waals surface area contributed by atoms with E-state index in [0.717, 1.165) is 11.5 Å². The molecule has 1 fully saturated rings. The summed E-state index contributed by atoms with van der Waals surface area (Å²) in [5.41, 5.74) is 2.02. The van der Waals surface area contributed by atoms with Gasteiger partial charge in [0.2, 0.25) is 0 Å². The lowest BCUT2D eigenvalue weighted by molar-refractivity contribution is 0.302. The zero-order valence-electron chi connectivity index (χ0n) is 20.9. The zero-order chi connectivity index (χ0) is 23.9. The second kappa shape index (κ2) is 11.8. The van der Waals surface area contributed by atoms with E-state index in [4.69, 9.17) is 4.42 Å². The van der Waals surface area contributed by atoms with Gasteiger partial charge in [0.15, 0.2) is 0 Å². The first-order valence-electron chi connectivity index (χ1n) is 13.5. The molecule has 2 aromatic carbocycles. The minimum atomic E-state index is -0.594. The zero-order valence-corrected chi connectivity index (χ0v) is 20.9. The standard InChI is InChI=1S/C31H39FO2/c1-3-5-6-7-8-9-10-22-11-13-23(14-12-22)24-15-17-25(18-16-24)28-20-19-26-21-27(4-2)34-31(33)29(26)30(28)32/h15-23H,3-14H2,1-2H3. The molecule has 3 aromatic rings. The number of aryl methyl sites for hydroxylation is 1.